The summed E-state index contributed by atoms with van der Waals surface area (Å²) in [5, 5.41) is 2.67. The zero-order valence-corrected chi connectivity index (χ0v) is 13.0. The van der Waals surface area contributed by atoms with Crippen LogP contribution in [-0.4, -0.2) is 18.8 Å². The van der Waals surface area contributed by atoms with Gasteiger partial charge in [0.25, 0.3) is 0 Å². The molecule has 5 heteroatoms. The topological polar surface area (TPSA) is 73.6 Å². The highest BCUT2D eigenvalue weighted by Gasteiger charge is 2.19. The number of rotatable bonds is 3. The molecule has 5 nitrogen and oxygen atoms in total. The van der Waals surface area contributed by atoms with Crippen molar-refractivity contribution in [3.8, 4) is 5.75 Å². The van der Waals surface area contributed by atoms with Crippen LogP contribution >= 0.6 is 0 Å². The fourth-order valence-electron chi connectivity index (χ4n) is 1.61. The van der Waals surface area contributed by atoms with Crippen molar-refractivity contribution in [3.63, 3.8) is 0 Å². The van der Waals surface area contributed by atoms with Gasteiger partial charge in [-0.3, -0.25) is 5.32 Å². The number of benzene rings is 1. The molecule has 0 aliphatic rings. The summed E-state index contributed by atoms with van der Waals surface area (Å²) in [6.45, 7) is 9.24. The van der Waals surface area contributed by atoms with E-state index in [2.05, 4.69) is 5.32 Å². The average molecular weight is 280 g/mol. The standard InChI is InChI=1S/C15H24N2O3/c1-14(2,3)20-13(18)17-11-8-7-10(15(4,5)16)9-12(11)19-6/h7-9H,16H2,1-6H3,(H,17,18). The highest BCUT2D eigenvalue weighted by molar-refractivity contribution is 5.87. The summed E-state index contributed by atoms with van der Waals surface area (Å²) in [5.74, 6) is 0.548. The predicted molar refractivity (Wildman–Crippen MR) is 80.1 cm³/mol. The second kappa shape index (κ2) is 5.71. The van der Waals surface area contributed by atoms with Crippen LogP contribution in [0.5, 0.6) is 5.75 Å². The van der Waals surface area contributed by atoms with Gasteiger partial charge in [-0.15, -0.1) is 0 Å². The van der Waals surface area contributed by atoms with Gasteiger partial charge in [-0.25, -0.2) is 4.79 Å². The molecule has 0 bridgehead atoms. The van der Waals surface area contributed by atoms with Crippen LogP contribution < -0.4 is 15.8 Å². The molecule has 20 heavy (non-hydrogen) atoms. The number of anilines is 1. The van der Waals surface area contributed by atoms with Crippen LogP contribution in [0.25, 0.3) is 0 Å². The molecule has 1 aromatic carbocycles. The molecule has 0 atom stereocenters. The maximum Gasteiger partial charge on any atom is 0.412 e. The molecule has 3 N–H and O–H groups in total. The van der Waals surface area contributed by atoms with Gasteiger partial charge in [-0.2, -0.15) is 0 Å². The Bertz CT molecular complexity index is 485. The molecular weight excluding hydrogens is 256 g/mol. The first-order valence-corrected chi connectivity index (χ1v) is 6.50. The van der Waals surface area contributed by atoms with E-state index in [4.69, 9.17) is 15.2 Å². The van der Waals surface area contributed by atoms with Gasteiger partial charge in [0.15, 0.2) is 0 Å². The van der Waals surface area contributed by atoms with E-state index < -0.39 is 17.2 Å². The van der Waals surface area contributed by atoms with Crippen molar-refractivity contribution in [1.82, 2.24) is 0 Å². The molecule has 0 aliphatic carbocycles. The number of carbonyl (C=O) groups is 1. The molecule has 0 saturated carbocycles. The molecule has 0 fully saturated rings. The van der Waals surface area contributed by atoms with Gasteiger partial charge >= 0.3 is 6.09 Å². The van der Waals surface area contributed by atoms with Crippen LogP contribution in [-0.2, 0) is 10.3 Å². The van der Waals surface area contributed by atoms with E-state index >= 15 is 0 Å². The van der Waals surface area contributed by atoms with Crippen molar-refractivity contribution >= 4 is 11.8 Å². The molecule has 0 aliphatic heterocycles. The predicted octanol–water partition coefficient (Wildman–Crippen LogP) is 3.24. The third-order valence-corrected chi connectivity index (χ3v) is 2.58. The van der Waals surface area contributed by atoms with Crippen LogP contribution in [0.3, 0.4) is 0 Å². The Morgan fingerprint density at radius 2 is 1.80 bits per heavy atom. The minimum Gasteiger partial charge on any atom is -0.495 e. The van der Waals surface area contributed by atoms with Crippen LogP contribution in [0.4, 0.5) is 10.5 Å². The van der Waals surface area contributed by atoms with Crippen molar-refractivity contribution in [2.24, 2.45) is 5.73 Å². The van der Waals surface area contributed by atoms with Crippen LogP contribution in [0.2, 0.25) is 0 Å². The lowest BCUT2D eigenvalue weighted by Gasteiger charge is -2.22. The Morgan fingerprint density at radius 3 is 2.25 bits per heavy atom. The molecule has 112 valence electrons. The Hall–Kier alpha value is -1.75. The summed E-state index contributed by atoms with van der Waals surface area (Å²) < 4.78 is 10.5. The maximum atomic E-state index is 11.8. The largest absolute Gasteiger partial charge is 0.495 e. The van der Waals surface area contributed by atoms with E-state index in [9.17, 15) is 4.79 Å². The Kier molecular flexibility index (Phi) is 4.65. The molecule has 1 rings (SSSR count). The van der Waals surface area contributed by atoms with E-state index in [1.165, 1.54) is 0 Å². The highest BCUT2D eigenvalue weighted by atomic mass is 16.6. The number of nitrogens with one attached hydrogen (secondary N) is 1. The minimum atomic E-state index is -0.545. The van der Waals surface area contributed by atoms with Crippen LogP contribution in [0.1, 0.15) is 40.2 Å². The molecular formula is C15H24N2O3. The number of ether oxygens (including phenoxy) is 2. The zero-order valence-electron chi connectivity index (χ0n) is 13.0. The summed E-state index contributed by atoms with van der Waals surface area (Å²) >= 11 is 0. The van der Waals surface area contributed by atoms with E-state index in [0.29, 0.717) is 11.4 Å². The van der Waals surface area contributed by atoms with E-state index in [1.54, 1.807) is 13.2 Å². The lowest BCUT2D eigenvalue weighted by atomic mass is 9.95. The Morgan fingerprint density at radius 1 is 1.20 bits per heavy atom. The number of carbonyl (C=O) groups excluding carboxylic acids is 1. The molecule has 1 amide bonds. The van der Waals surface area contributed by atoms with Crippen LogP contribution in [0.15, 0.2) is 18.2 Å². The van der Waals surface area contributed by atoms with E-state index in [-0.39, 0.29) is 0 Å². The van der Waals surface area contributed by atoms with Gasteiger partial charge in [0.2, 0.25) is 0 Å². The first-order chi connectivity index (χ1) is 9.03. The second-order valence-corrected chi connectivity index (χ2v) is 6.26. The number of methoxy groups -OCH3 is 1. The van der Waals surface area contributed by atoms with Gasteiger partial charge in [-0.05, 0) is 52.3 Å². The lowest BCUT2D eigenvalue weighted by molar-refractivity contribution is 0.0635. The molecule has 1 aromatic rings. The average Bonchev–Trinajstić information content (AvgIpc) is 2.25. The molecule has 0 spiro atoms. The van der Waals surface area contributed by atoms with E-state index in [1.807, 2.05) is 46.8 Å². The summed E-state index contributed by atoms with van der Waals surface area (Å²) in [5.41, 5.74) is 6.50. The first-order valence-electron chi connectivity index (χ1n) is 6.50. The van der Waals surface area contributed by atoms with Gasteiger partial charge in [0.1, 0.15) is 11.4 Å². The Labute approximate surface area is 120 Å². The summed E-state index contributed by atoms with van der Waals surface area (Å²) in [6, 6.07) is 5.43. The number of amides is 1. The quantitative estimate of drug-likeness (QED) is 0.891. The summed E-state index contributed by atoms with van der Waals surface area (Å²) in [4.78, 5) is 11.8. The number of nitrogens with two attached hydrogens (primary N) is 1. The molecule has 0 radical (unpaired) electrons. The fraction of sp³-hybridized carbons (Fsp3) is 0.533. The molecule has 0 saturated heterocycles. The molecule has 0 unspecified atom stereocenters. The fourth-order valence-corrected chi connectivity index (χ4v) is 1.61. The normalized spacial score (nSPS) is 11.9. The number of hydrogen-bond acceptors (Lipinski definition) is 4. The van der Waals surface area contributed by atoms with Crippen molar-refractivity contribution in [2.75, 3.05) is 12.4 Å². The van der Waals surface area contributed by atoms with Crippen molar-refractivity contribution in [2.45, 2.75) is 45.8 Å². The highest BCUT2D eigenvalue weighted by Crippen LogP contribution is 2.29. The van der Waals surface area contributed by atoms with Crippen molar-refractivity contribution in [1.29, 1.82) is 0 Å². The van der Waals surface area contributed by atoms with Gasteiger partial charge in [0, 0.05) is 5.54 Å². The van der Waals surface area contributed by atoms with Crippen molar-refractivity contribution in [3.05, 3.63) is 23.8 Å². The summed E-state index contributed by atoms with van der Waals surface area (Å²) in [6.07, 6.45) is -0.518. The van der Waals surface area contributed by atoms with Gasteiger partial charge in [0.05, 0.1) is 12.8 Å². The second-order valence-electron chi connectivity index (χ2n) is 6.26. The lowest BCUT2D eigenvalue weighted by Crippen LogP contribution is -2.29. The van der Waals surface area contributed by atoms with Crippen molar-refractivity contribution < 1.29 is 14.3 Å². The molecule has 0 heterocycles. The third kappa shape index (κ3) is 4.74. The first kappa shape index (κ1) is 16.3. The minimum absolute atomic E-state index is 0.474. The zero-order chi connectivity index (χ0) is 15.6. The van der Waals surface area contributed by atoms with Gasteiger partial charge < -0.3 is 15.2 Å². The van der Waals surface area contributed by atoms with Crippen LogP contribution in [0, 0.1) is 0 Å². The number of hydrogen-bond donors (Lipinski definition) is 2. The Balaban J connectivity index is 2.94. The smallest absolute Gasteiger partial charge is 0.412 e. The SMILES string of the molecule is COc1cc(C(C)(C)N)ccc1NC(=O)OC(C)(C)C. The van der Waals surface area contributed by atoms with E-state index in [0.717, 1.165) is 5.56 Å². The third-order valence-electron chi connectivity index (χ3n) is 2.58. The molecule has 0 aromatic heterocycles. The summed E-state index contributed by atoms with van der Waals surface area (Å²) in [7, 11) is 1.54. The maximum absolute atomic E-state index is 11.8. The van der Waals surface area contributed by atoms with Gasteiger partial charge in [-0.1, -0.05) is 6.07 Å². The monoisotopic (exact) mass is 280 g/mol.